The Labute approximate surface area is 92.7 Å². The van der Waals surface area contributed by atoms with Gasteiger partial charge in [0.2, 0.25) is 5.91 Å². The summed E-state index contributed by atoms with van der Waals surface area (Å²) in [6.07, 6.45) is 1.35. The van der Waals surface area contributed by atoms with Crippen LogP contribution >= 0.6 is 0 Å². The van der Waals surface area contributed by atoms with E-state index in [1.165, 1.54) is 12.1 Å². The van der Waals surface area contributed by atoms with Crippen molar-refractivity contribution in [1.29, 1.82) is 0 Å². The van der Waals surface area contributed by atoms with Crippen LogP contribution in [0, 0.1) is 5.82 Å². The monoisotopic (exact) mass is 221 g/mol. The SMILES string of the molecule is CC(CC=O)c1cc(F)cc2c1NC(=O)C2. The molecule has 1 aliphatic rings. The Balaban J connectivity index is 2.45. The van der Waals surface area contributed by atoms with Gasteiger partial charge in [0.05, 0.1) is 6.42 Å². The average molecular weight is 221 g/mol. The van der Waals surface area contributed by atoms with E-state index in [9.17, 15) is 14.0 Å². The first-order valence-corrected chi connectivity index (χ1v) is 5.17. The third-order valence-corrected chi connectivity index (χ3v) is 2.81. The van der Waals surface area contributed by atoms with Crippen molar-refractivity contribution in [3.63, 3.8) is 0 Å². The second-order valence-corrected chi connectivity index (χ2v) is 4.06. The molecule has 1 N–H and O–H groups in total. The van der Waals surface area contributed by atoms with E-state index in [4.69, 9.17) is 0 Å². The Hall–Kier alpha value is -1.71. The van der Waals surface area contributed by atoms with Gasteiger partial charge in [-0.1, -0.05) is 6.92 Å². The van der Waals surface area contributed by atoms with E-state index in [1.54, 1.807) is 0 Å². The van der Waals surface area contributed by atoms with Crippen molar-refractivity contribution < 1.29 is 14.0 Å². The number of anilines is 1. The molecule has 1 atom stereocenters. The summed E-state index contributed by atoms with van der Waals surface area (Å²) in [5.41, 5.74) is 2.06. The van der Waals surface area contributed by atoms with E-state index in [0.717, 1.165) is 6.29 Å². The fourth-order valence-electron chi connectivity index (χ4n) is 1.99. The van der Waals surface area contributed by atoms with Gasteiger partial charge in [-0.3, -0.25) is 4.79 Å². The van der Waals surface area contributed by atoms with Crippen LogP contribution in [0.25, 0.3) is 0 Å². The lowest BCUT2D eigenvalue weighted by Crippen LogP contribution is -2.06. The Morgan fingerprint density at radius 3 is 3.00 bits per heavy atom. The fourth-order valence-corrected chi connectivity index (χ4v) is 1.99. The Morgan fingerprint density at radius 1 is 1.56 bits per heavy atom. The molecule has 16 heavy (non-hydrogen) atoms. The fraction of sp³-hybridized carbons (Fsp3) is 0.333. The first kappa shape index (κ1) is 10.8. The predicted molar refractivity (Wildman–Crippen MR) is 57.8 cm³/mol. The zero-order chi connectivity index (χ0) is 11.7. The van der Waals surface area contributed by atoms with Crippen LogP contribution in [0.2, 0.25) is 0 Å². The lowest BCUT2D eigenvalue weighted by Gasteiger charge is -2.13. The highest BCUT2D eigenvalue weighted by Crippen LogP contribution is 2.34. The number of nitrogens with one attached hydrogen (secondary N) is 1. The highest BCUT2D eigenvalue weighted by atomic mass is 19.1. The Bertz CT molecular complexity index is 457. The molecule has 0 saturated heterocycles. The van der Waals surface area contributed by atoms with Gasteiger partial charge in [0.1, 0.15) is 12.1 Å². The molecule has 4 heteroatoms. The molecule has 84 valence electrons. The van der Waals surface area contributed by atoms with Crippen LogP contribution in [-0.2, 0) is 16.0 Å². The number of benzene rings is 1. The summed E-state index contributed by atoms with van der Waals surface area (Å²) in [5.74, 6) is -0.566. The summed E-state index contributed by atoms with van der Waals surface area (Å²) < 4.78 is 13.3. The number of hydrogen-bond donors (Lipinski definition) is 1. The lowest BCUT2D eigenvalue weighted by atomic mass is 9.94. The molecule has 1 unspecified atom stereocenters. The van der Waals surface area contributed by atoms with Crippen molar-refractivity contribution in [2.45, 2.75) is 25.7 Å². The minimum absolute atomic E-state index is 0.0830. The van der Waals surface area contributed by atoms with Crippen LogP contribution in [0.5, 0.6) is 0 Å². The maximum atomic E-state index is 13.3. The van der Waals surface area contributed by atoms with Crippen molar-refractivity contribution >= 4 is 17.9 Å². The molecule has 3 nitrogen and oxygen atoms in total. The van der Waals surface area contributed by atoms with Crippen LogP contribution in [0.4, 0.5) is 10.1 Å². The highest BCUT2D eigenvalue weighted by Gasteiger charge is 2.23. The van der Waals surface area contributed by atoms with Crippen molar-refractivity contribution in [2.24, 2.45) is 0 Å². The number of fused-ring (bicyclic) bond motifs is 1. The molecule has 1 amide bonds. The second kappa shape index (κ2) is 4.04. The van der Waals surface area contributed by atoms with Gasteiger partial charge in [0.25, 0.3) is 0 Å². The Morgan fingerprint density at radius 2 is 2.31 bits per heavy atom. The first-order valence-electron chi connectivity index (χ1n) is 5.17. The summed E-state index contributed by atoms with van der Waals surface area (Å²) in [7, 11) is 0. The lowest BCUT2D eigenvalue weighted by molar-refractivity contribution is -0.115. The number of aldehydes is 1. The van der Waals surface area contributed by atoms with Gasteiger partial charge in [0, 0.05) is 12.1 Å². The predicted octanol–water partition coefficient (Wildman–Crippen LogP) is 2.01. The van der Waals surface area contributed by atoms with Crippen molar-refractivity contribution in [2.75, 3.05) is 5.32 Å². The number of carbonyl (C=O) groups is 2. The molecule has 0 aromatic heterocycles. The van der Waals surface area contributed by atoms with Gasteiger partial charge >= 0.3 is 0 Å². The minimum Gasteiger partial charge on any atom is -0.325 e. The Kier molecular flexibility index (Phi) is 2.73. The maximum absolute atomic E-state index is 13.3. The molecular formula is C12H12FNO2. The van der Waals surface area contributed by atoms with Crippen LogP contribution in [0.15, 0.2) is 12.1 Å². The van der Waals surface area contributed by atoms with E-state index in [2.05, 4.69) is 5.32 Å². The highest BCUT2D eigenvalue weighted by molar-refractivity contribution is 6.00. The summed E-state index contributed by atoms with van der Waals surface area (Å²) in [6, 6.07) is 2.75. The normalized spacial score (nSPS) is 15.5. The molecule has 0 radical (unpaired) electrons. The van der Waals surface area contributed by atoms with Gasteiger partial charge in [-0.05, 0) is 29.2 Å². The summed E-state index contributed by atoms with van der Waals surface area (Å²) in [5, 5.41) is 2.71. The molecule has 1 heterocycles. The number of halogens is 1. The number of amides is 1. The minimum atomic E-state index is -0.358. The van der Waals surface area contributed by atoms with E-state index in [0.29, 0.717) is 23.2 Å². The smallest absolute Gasteiger partial charge is 0.228 e. The van der Waals surface area contributed by atoms with Crippen LogP contribution < -0.4 is 5.32 Å². The topological polar surface area (TPSA) is 46.2 Å². The molecule has 0 bridgehead atoms. The van der Waals surface area contributed by atoms with Crippen LogP contribution in [-0.4, -0.2) is 12.2 Å². The number of hydrogen-bond acceptors (Lipinski definition) is 2. The number of carbonyl (C=O) groups excluding carboxylic acids is 2. The van der Waals surface area contributed by atoms with Crippen LogP contribution in [0.3, 0.4) is 0 Å². The first-order chi connectivity index (χ1) is 7.61. The van der Waals surface area contributed by atoms with E-state index in [-0.39, 0.29) is 24.1 Å². The maximum Gasteiger partial charge on any atom is 0.228 e. The average Bonchev–Trinajstić information content (AvgIpc) is 2.57. The van der Waals surface area contributed by atoms with Gasteiger partial charge in [-0.25, -0.2) is 4.39 Å². The van der Waals surface area contributed by atoms with Crippen molar-refractivity contribution in [3.05, 3.63) is 29.1 Å². The third-order valence-electron chi connectivity index (χ3n) is 2.81. The van der Waals surface area contributed by atoms with Crippen molar-refractivity contribution in [1.82, 2.24) is 0 Å². The van der Waals surface area contributed by atoms with E-state index in [1.807, 2.05) is 6.92 Å². The van der Waals surface area contributed by atoms with Gasteiger partial charge in [-0.15, -0.1) is 0 Å². The molecular weight excluding hydrogens is 209 g/mol. The quantitative estimate of drug-likeness (QED) is 0.793. The largest absolute Gasteiger partial charge is 0.325 e. The van der Waals surface area contributed by atoms with Gasteiger partial charge < -0.3 is 10.1 Å². The molecule has 1 aromatic carbocycles. The van der Waals surface area contributed by atoms with Gasteiger partial charge in [0.15, 0.2) is 0 Å². The molecule has 2 rings (SSSR count). The molecule has 0 fully saturated rings. The molecule has 0 aliphatic carbocycles. The van der Waals surface area contributed by atoms with Gasteiger partial charge in [-0.2, -0.15) is 0 Å². The zero-order valence-corrected chi connectivity index (χ0v) is 8.92. The van der Waals surface area contributed by atoms with E-state index < -0.39 is 0 Å². The summed E-state index contributed by atoms with van der Waals surface area (Å²) in [6.45, 7) is 1.84. The molecule has 0 saturated carbocycles. The third kappa shape index (κ3) is 1.83. The van der Waals surface area contributed by atoms with Crippen molar-refractivity contribution in [3.8, 4) is 0 Å². The second-order valence-electron chi connectivity index (χ2n) is 4.06. The summed E-state index contributed by atoms with van der Waals surface area (Å²) >= 11 is 0. The van der Waals surface area contributed by atoms with Crippen LogP contribution in [0.1, 0.15) is 30.4 Å². The molecule has 0 spiro atoms. The molecule has 1 aromatic rings. The van der Waals surface area contributed by atoms with E-state index >= 15 is 0 Å². The zero-order valence-electron chi connectivity index (χ0n) is 8.92. The summed E-state index contributed by atoms with van der Waals surface area (Å²) in [4.78, 5) is 21.7. The standard InChI is InChI=1S/C12H12FNO2/c1-7(2-3-15)10-6-9(13)4-8-5-11(16)14-12(8)10/h3-4,6-7H,2,5H2,1H3,(H,14,16). The number of rotatable bonds is 3. The molecule has 1 aliphatic heterocycles.